The van der Waals surface area contributed by atoms with Crippen LogP contribution in [0.3, 0.4) is 0 Å². The number of anilines is 1. The fraction of sp³-hybridized carbons (Fsp3) is 0.372. The van der Waals surface area contributed by atoms with Crippen LogP contribution in [-0.4, -0.2) is 60.1 Å². The van der Waals surface area contributed by atoms with Gasteiger partial charge in [0.1, 0.15) is 16.9 Å². The number of unbranched alkanes of at least 4 members (excludes halogenated alkanes) is 2. The smallest absolute Gasteiger partial charge is 0.253 e. The second-order valence-corrected chi connectivity index (χ2v) is 16.9. The van der Waals surface area contributed by atoms with Gasteiger partial charge in [-0.1, -0.05) is 23.7 Å². The molecule has 58 heavy (non-hydrogen) atoms. The van der Waals surface area contributed by atoms with E-state index in [4.69, 9.17) is 16.6 Å². The SMILES string of the molecule is Cc1cc(C)c(CNC(=O)c2cc(NCCCCCNC(=O)C[C@@H]3N=C(c4ccc(Cl)cc4)c4c(sc(C)c4C)-n4c(C)nnc43)cc3c2cnn3C(C)C)c(=O)[nH]1. The molecule has 1 aliphatic rings. The number of aryl methyl sites for hydroxylation is 4. The monoisotopic (exact) mass is 820 g/mol. The average Bonchev–Trinajstić information content (AvgIpc) is 3.84. The Hall–Kier alpha value is -5.60. The molecule has 4 N–H and O–H groups in total. The zero-order valence-electron chi connectivity index (χ0n) is 33.9. The summed E-state index contributed by atoms with van der Waals surface area (Å²) < 4.78 is 3.95. The zero-order chi connectivity index (χ0) is 41.2. The van der Waals surface area contributed by atoms with Crippen LogP contribution in [0.15, 0.2) is 58.4 Å². The van der Waals surface area contributed by atoms with Gasteiger partial charge in [-0.2, -0.15) is 5.10 Å². The Labute approximate surface area is 346 Å². The number of H-pyrrole nitrogens is 1. The van der Waals surface area contributed by atoms with Crippen molar-refractivity contribution >= 4 is 57.1 Å². The predicted molar refractivity (Wildman–Crippen MR) is 231 cm³/mol. The van der Waals surface area contributed by atoms with E-state index in [-0.39, 0.29) is 36.4 Å². The van der Waals surface area contributed by atoms with E-state index in [0.29, 0.717) is 35.1 Å². The minimum Gasteiger partial charge on any atom is -0.385 e. The van der Waals surface area contributed by atoms with Crippen LogP contribution < -0.4 is 21.5 Å². The van der Waals surface area contributed by atoms with Crippen LogP contribution >= 0.6 is 22.9 Å². The molecule has 2 amide bonds. The summed E-state index contributed by atoms with van der Waals surface area (Å²) in [6.45, 7) is 15.3. The molecule has 0 radical (unpaired) electrons. The van der Waals surface area contributed by atoms with E-state index in [2.05, 4.69) is 54.6 Å². The van der Waals surface area contributed by atoms with Crippen LogP contribution in [0.5, 0.6) is 0 Å². The van der Waals surface area contributed by atoms with Gasteiger partial charge in [-0.3, -0.25) is 28.6 Å². The summed E-state index contributed by atoms with van der Waals surface area (Å²) in [4.78, 5) is 48.8. The molecule has 1 aliphatic heterocycles. The van der Waals surface area contributed by atoms with Crippen molar-refractivity contribution in [1.29, 1.82) is 0 Å². The third-order valence-electron chi connectivity index (χ3n) is 10.6. The first-order valence-electron chi connectivity index (χ1n) is 19.7. The molecule has 1 atom stereocenters. The normalized spacial score (nSPS) is 13.6. The number of carbonyl (C=O) groups is 2. The van der Waals surface area contributed by atoms with Gasteiger partial charge in [0.25, 0.3) is 11.5 Å². The highest BCUT2D eigenvalue weighted by molar-refractivity contribution is 7.15. The highest BCUT2D eigenvalue weighted by Gasteiger charge is 2.32. The van der Waals surface area contributed by atoms with Crippen molar-refractivity contribution in [3.63, 3.8) is 0 Å². The van der Waals surface area contributed by atoms with Crippen molar-refractivity contribution < 1.29 is 9.59 Å². The summed E-state index contributed by atoms with van der Waals surface area (Å²) in [5.74, 6) is 1.02. The second kappa shape index (κ2) is 17.1. The number of pyridine rings is 1. The van der Waals surface area contributed by atoms with Crippen LogP contribution in [0.1, 0.15) is 112 Å². The number of halogens is 1. The molecular formula is C43H49ClN10O3S. The highest BCUT2D eigenvalue weighted by atomic mass is 35.5. The second-order valence-electron chi connectivity index (χ2n) is 15.2. The summed E-state index contributed by atoms with van der Waals surface area (Å²) >= 11 is 7.93. The maximum atomic E-state index is 13.6. The van der Waals surface area contributed by atoms with Gasteiger partial charge in [-0.15, -0.1) is 21.5 Å². The van der Waals surface area contributed by atoms with Gasteiger partial charge in [-0.05, 0) is 109 Å². The molecule has 2 aromatic carbocycles. The number of rotatable bonds is 14. The van der Waals surface area contributed by atoms with Crippen molar-refractivity contribution in [2.45, 2.75) is 92.8 Å². The highest BCUT2D eigenvalue weighted by Crippen LogP contribution is 2.39. The predicted octanol–water partition coefficient (Wildman–Crippen LogP) is 7.75. The van der Waals surface area contributed by atoms with Crippen molar-refractivity contribution in [1.82, 2.24) is 40.2 Å². The summed E-state index contributed by atoms with van der Waals surface area (Å²) in [6.07, 6.45) is 4.39. The van der Waals surface area contributed by atoms with E-state index in [0.717, 1.165) is 80.3 Å². The number of nitrogens with one attached hydrogen (secondary N) is 4. The van der Waals surface area contributed by atoms with Gasteiger partial charge in [0.15, 0.2) is 5.82 Å². The first-order valence-corrected chi connectivity index (χ1v) is 20.9. The number of aromatic nitrogens is 6. The molecule has 4 aromatic heterocycles. The summed E-state index contributed by atoms with van der Waals surface area (Å²) in [5, 5.41) is 25.4. The Kier molecular flexibility index (Phi) is 12.0. The first kappa shape index (κ1) is 40.6. The number of hydrogen-bond donors (Lipinski definition) is 4. The lowest BCUT2D eigenvalue weighted by Gasteiger charge is -2.14. The Balaban J connectivity index is 0.965. The zero-order valence-corrected chi connectivity index (χ0v) is 35.5. The van der Waals surface area contributed by atoms with Crippen LogP contribution in [0.2, 0.25) is 5.02 Å². The van der Waals surface area contributed by atoms with Gasteiger partial charge < -0.3 is 20.9 Å². The topological polar surface area (TPSA) is 164 Å². The molecule has 13 nitrogen and oxygen atoms in total. The summed E-state index contributed by atoms with van der Waals surface area (Å²) in [7, 11) is 0. The number of aliphatic imine (C=N–C) groups is 1. The quantitative estimate of drug-likeness (QED) is 0.0817. The molecule has 0 spiro atoms. The molecular weight excluding hydrogens is 772 g/mol. The van der Waals surface area contributed by atoms with E-state index < -0.39 is 6.04 Å². The molecule has 0 fully saturated rings. The minimum absolute atomic E-state index is 0.0946. The summed E-state index contributed by atoms with van der Waals surface area (Å²) in [6, 6.07) is 13.0. The number of aromatic amines is 1. The molecule has 0 bridgehead atoms. The van der Waals surface area contributed by atoms with Crippen LogP contribution in [0.25, 0.3) is 15.9 Å². The maximum absolute atomic E-state index is 13.6. The van der Waals surface area contributed by atoms with Gasteiger partial charge in [0.05, 0.1) is 29.4 Å². The molecule has 6 aromatic rings. The third-order valence-corrected chi connectivity index (χ3v) is 12.1. The van der Waals surface area contributed by atoms with Gasteiger partial charge >= 0.3 is 0 Å². The molecule has 5 heterocycles. The Bertz CT molecular complexity index is 2600. The minimum atomic E-state index is -0.527. The molecule has 0 saturated heterocycles. The average molecular weight is 821 g/mol. The van der Waals surface area contributed by atoms with Crippen molar-refractivity contribution in [3.8, 4) is 5.00 Å². The largest absolute Gasteiger partial charge is 0.385 e. The molecule has 0 unspecified atom stereocenters. The molecule has 15 heteroatoms. The number of carbonyl (C=O) groups excluding carboxylic acids is 2. The van der Waals surface area contributed by atoms with Gasteiger partial charge in [0, 0.05) is 69.0 Å². The fourth-order valence-corrected chi connectivity index (χ4v) is 8.82. The lowest BCUT2D eigenvalue weighted by Crippen LogP contribution is -2.28. The van der Waals surface area contributed by atoms with E-state index in [9.17, 15) is 14.4 Å². The lowest BCUT2D eigenvalue weighted by molar-refractivity contribution is -0.121. The number of benzene rings is 2. The maximum Gasteiger partial charge on any atom is 0.253 e. The van der Waals surface area contributed by atoms with E-state index in [1.54, 1.807) is 17.5 Å². The van der Waals surface area contributed by atoms with Crippen LogP contribution in [0.4, 0.5) is 5.69 Å². The lowest BCUT2D eigenvalue weighted by atomic mass is 9.99. The van der Waals surface area contributed by atoms with Crippen LogP contribution in [-0.2, 0) is 11.3 Å². The fourth-order valence-electron chi connectivity index (χ4n) is 7.48. The number of nitrogens with zero attached hydrogens (tertiary/aromatic N) is 6. The standard InChI is InChI=1S/C43H49ClN10O3S/c1-23(2)54-36-19-31(18-32(34(36)22-48-54)41(56)47-21-33-24(3)17-25(4)49-42(33)57)45-15-9-8-10-16-46-37(55)20-35-40-52-51-28(7)53(40)43-38(26(5)27(6)58-43)39(50-35)29-11-13-30(44)14-12-29/h11-14,17-19,22-23,35,45H,8-10,15-16,20-21H2,1-7H3,(H,46,55)(H,47,56)(H,49,57)/t35-/m0/s1. The third kappa shape index (κ3) is 8.35. The van der Waals surface area contributed by atoms with Gasteiger partial charge in [-0.25, -0.2) is 0 Å². The molecule has 0 saturated carbocycles. The van der Waals surface area contributed by atoms with E-state index in [1.165, 1.54) is 4.88 Å². The van der Waals surface area contributed by atoms with Crippen molar-refractivity contribution in [2.75, 3.05) is 18.4 Å². The Morgan fingerprint density at radius 1 is 0.966 bits per heavy atom. The molecule has 7 rings (SSSR count). The van der Waals surface area contributed by atoms with Crippen molar-refractivity contribution in [3.05, 3.63) is 120 Å². The summed E-state index contributed by atoms with van der Waals surface area (Å²) in [5.41, 5.74) is 8.00. The number of fused-ring (bicyclic) bond motifs is 4. The Morgan fingerprint density at radius 2 is 1.72 bits per heavy atom. The first-order chi connectivity index (χ1) is 27.8. The Morgan fingerprint density at radius 3 is 2.47 bits per heavy atom. The van der Waals surface area contributed by atoms with E-state index in [1.807, 2.05) is 81.8 Å². The number of thiophene rings is 1. The number of amides is 2. The van der Waals surface area contributed by atoms with E-state index >= 15 is 0 Å². The number of hydrogen-bond acceptors (Lipinski definition) is 9. The van der Waals surface area contributed by atoms with Crippen LogP contribution in [0, 0.1) is 34.6 Å². The molecule has 0 aliphatic carbocycles. The van der Waals surface area contributed by atoms with Gasteiger partial charge in [0.2, 0.25) is 5.91 Å². The molecule has 302 valence electrons. The van der Waals surface area contributed by atoms with Crippen molar-refractivity contribution in [2.24, 2.45) is 4.99 Å².